The summed E-state index contributed by atoms with van der Waals surface area (Å²) in [6.07, 6.45) is 0. The van der Waals surface area contributed by atoms with E-state index in [0.29, 0.717) is 10.3 Å². The molecule has 5 heteroatoms. The van der Waals surface area contributed by atoms with E-state index in [2.05, 4.69) is 9.97 Å². The third kappa shape index (κ3) is 1.79. The molecule has 0 amide bonds. The zero-order valence-corrected chi connectivity index (χ0v) is 8.14. The van der Waals surface area contributed by atoms with Crippen LogP contribution in [0.1, 0.15) is 0 Å². The molecule has 0 aliphatic rings. The first-order valence-electron chi connectivity index (χ1n) is 3.59. The van der Waals surface area contributed by atoms with Crippen LogP contribution in [-0.4, -0.2) is 9.97 Å². The first-order chi connectivity index (χ1) is 6.25. The van der Waals surface area contributed by atoms with E-state index in [1.165, 1.54) is 11.3 Å². The van der Waals surface area contributed by atoms with Gasteiger partial charge in [0.2, 0.25) is 0 Å². The molecule has 0 spiro atoms. The molecule has 0 saturated heterocycles. The van der Waals surface area contributed by atoms with Gasteiger partial charge in [-0.05, 0) is 12.1 Å². The van der Waals surface area contributed by atoms with Crippen LogP contribution in [0.15, 0.2) is 23.6 Å². The average Bonchev–Trinajstić information content (AvgIpc) is 2.52. The van der Waals surface area contributed by atoms with E-state index in [9.17, 15) is 0 Å². The highest BCUT2D eigenvalue weighted by molar-refractivity contribution is 7.13. The highest BCUT2D eigenvalue weighted by Gasteiger charge is 2.03. The molecular weight excluding hydrogens is 206 g/mol. The van der Waals surface area contributed by atoms with Gasteiger partial charge in [-0.3, -0.25) is 0 Å². The second-order valence-electron chi connectivity index (χ2n) is 2.42. The molecule has 2 heterocycles. The number of hydrogen-bond donors (Lipinski definition) is 1. The van der Waals surface area contributed by atoms with Crippen molar-refractivity contribution >= 4 is 28.1 Å². The van der Waals surface area contributed by atoms with Crippen LogP contribution >= 0.6 is 22.9 Å². The number of pyridine rings is 1. The Morgan fingerprint density at radius 2 is 2.08 bits per heavy atom. The summed E-state index contributed by atoms with van der Waals surface area (Å²) < 4.78 is 0. The maximum atomic E-state index is 5.73. The van der Waals surface area contributed by atoms with Gasteiger partial charge in [0, 0.05) is 5.38 Å². The maximum absolute atomic E-state index is 5.73. The Kier molecular flexibility index (Phi) is 2.16. The predicted molar refractivity (Wildman–Crippen MR) is 54.8 cm³/mol. The molecule has 0 unspecified atom stereocenters. The van der Waals surface area contributed by atoms with E-state index in [-0.39, 0.29) is 0 Å². The molecule has 0 aliphatic carbocycles. The lowest BCUT2D eigenvalue weighted by Crippen LogP contribution is -1.85. The summed E-state index contributed by atoms with van der Waals surface area (Å²) in [5, 5.41) is 2.86. The van der Waals surface area contributed by atoms with Crippen LogP contribution in [0.25, 0.3) is 11.4 Å². The number of thiazole rings is 1. The van der Waals surface area contributed by atoms with E-state index in [0.717, 1.165) is 11.4 Å². The normalized spacial score (nSPS) is 10.2. The van der Waals surface area contributed by atoms with Gasteiger partial charge in [0.25, 0.3) is 0 Å². The monoisotopic (exact) mass is 211 g/mol. The molecule has 2 N–H and O–H groups in total. The van der Waals surface area contributed by atoms with Crippen LogP contribution < -0.4 is 5.73 Å². The van der Waals surface area contributed by atoms with Crippen LogP contribution in [-0.2, 0) is 0 Å². The number of anilines is 1. The second kappa shape index (κ2) is 3.32. The van der Waals surface area contributed by atoms with Gasteiger partial charge >= 0.3 is 0 Å². The number of nitrogens with two attached hydrogens (primary N) is 1. The van der Waals surface area contributed by atoms with Crippen molar-refractivity contribution in [2.24, 2.45) is 0 Å². The lowest BCUT2D eigenvalue weighted by molar-refractivity contribution is 1.28. The fraction of sp³-hybridized carbons (Fsp3) is 0. The Morgan fingerprint density at radius 3 is 2.69 bits per heavy atom. The first-order valence-corrected chi connectivity index (χ1v) is 4.85. The fourth-order valence-corrected chi connectivity index (χ4v) is 1.68. The summed E-state index contributed by atoms with van der Waals surface area (Å²) in [6, 6.07) is 5.40. The highest BCUT2D eigenvalue weighted by Crippen LogP contribution is 2.22. The Balaban J connectivity index is 2.46. The third-order valence-electron chi connectivity index (χ3n) is 1.50. The van der Waals surface area contributed by atoms with Crippen LogP contribution in [0, 0.1) is 0 Å². The molecule has 66 valence electrons. The molecule has 0 radical (unpaired) electrons. The van der Waals surface area contributed by atoms with Crippen molar-refractivity contribution in [2.75, 3.05) is 5.73 Å². The van der Waals surface area contributed by atoms with Crippen molar-refractivity contribution in [3.8, 4) is 11.4 Å². The van der Waals surface area contributed by atoms with E-state index >= 15 is 0 Å². The molecule has 2 aromatic rings. The summed E-state index contributed by atoms with van der Waals surface area (Å²) in [5.41, 5.74) is 7.02. The molecule has 2 aromatic heterocycles. The summed E-state index contributed by atoms with van der Waals surface area (Å²) in [7, 11) is 0. The molecule has 0 saturated carbocycles. The number of aromatic nitrogens is 2. The lowest BCUT2D eigenvalue weighted by atomic mass is 10.3. The molecule has 0 aliphatic heterocycles. The number of rotatable bonds is 1. The van der Waals surface area contributed by atoms with Gasteiger partial charge < -0.3 is 5.73 Å². The number of nitrogens with zero attached hydrogens (tertiary/aromatic N) is 2. The minimum atomic E-state index is 0.462. The Bertz CT molecular complexity index is 427. The van der Waals surface area contributed by atoms with Crippen LogP contribution in [0.2, 0.25) is 5.15 Å². The smallest absolute Gasteiger partial charge is 0.180 e. The van der Waals surface area contributed by atoms with E-state index in [4.69, 9.17) is 17.3 Å². The van der Waals surface area contributed by atoms with Crippen molar-refractivity contribution in [2.45, 2.75) is 0 Å². The molecular formula is C8H6ClN3S. The summed E-state index contributed by atoms with van der Waals surface area (Å²) in [6.45, 7) is 0. The molecule has 0 bridgehead atoms. The molecule has 0 atom stereocenters. The van der Waals surface area contributed by atoms with Gasteiger partial charge in [0.1, 0.15) is 10.8 Å². The van der Waals surface area contributed by atoms with Gasteiger partial charge in [-0.1, -0.05) is 17.7 Å². The zero-order valence-electron chi connectivity index (χ0n) is 6.57. The van der Waals surface area contributed by atoms with Crippen LogP contribution in [0.5, 0.6) is 0 Å². The molecule has 2 rings (SSSR count). The maximum Gasteiger partial charge on any atom is 0.180 e. The third-order valence-corrected chi connectivity index (χ3v) is 2.38. The topological polar surface area (TPSA) is 51.8 Å². The summed E-state index contributed by atoms with van der Waals surface area (Å²) >= 11 is 7.12. The minimum Gasteiger partial charge on any atom is -0.375 e. The van der Waals surface area contributed by atoms with E-state index in [1.807, 2.05) is 17.5 Å². The largest absolute Gasteiger partial charge is 0.375 e. The van der Waals surface area contributed by atoms with Crippen molar-refractivity contribution in [3.63, 3.8) is 0 Å². The number of halogens is 1. The van der Waals surface area contributed by atoms with Crippen LogP contribution in [0.4, 0.5) is 5.13 Å². The Hall–Kier alpha value is -1.13. The SMILES string of the molecule is Nc1nc(-c2cccc(Cl)n2)cs1. The lowest BCUT2D eigenvalue weighted by Gasteiger charge is -1.94. The molecule has 0 aromatic carbocycles. The van der Waals surface area contributed by atoms with Crippen molar-refractivity contribution in [1.29, 1.82) is 0 Å². The number of nitrogen functional groups attached to an aromatic ring is 1. The fourth-order valence-electron chi connectivity index (χ4n) is 0.956. The van der Waals surface area contributed by atoms with Gasteiger partial charge in [-0.15, -0.1) is 11.3 Å². The summed E-state index contributed by atoms with van der Waals surface area (Å²) in [4.78, 5) is 8.21. The van der Waals surface area contributed by atoms with Crippen LogP contribution in [0.3, 0.4) is 0 Å². The van der Waals surface area contributed by atoms with Crippen molar-refractivity contribution < 1.29 is 0 Å². The van der Waals surface area contributed by atoms with Crippen molar-refractivity contribution in [1.82, 2.24) is 9.97 Å². The van der Waals surface area contributed by atoms with E-state index in [1.54, 1.807) is 6.07 Å². The van der Waals surface area contributed by atoms with Gasteiger partial charge in [0.05, 0.1) is 5.69 Å². The number of hydrogen-bond acceptors (Lipinski definition) is 4. The van der Waals surface area contributed by atoms with Gasteiger partial charge in [0.15, 0.2) is 5.13 Å². The first kappa shape index (κ1) is 8.47. The average molecular weight is 212 g/mol. The minimum absolute atomic E-state index is 0.462. The second-order valence-corrected chi connectivity index (χ2v) is 3.69. The molecule has 13 heavy (non-hydrogen) atoms. The zero-order chi connectivity index (χ0) is 9.26. The van der Waals surface area contributed by atoms with E-state index < -0.39 is 0 Å². The van der Waals surface area contributed by atoms with Gasteiger partial charge in [-0.25, -0.2) is 9.97 Å². The Morgan fingerprint density at radius 1 is 1.23 bits per heavy atom. The van der Waals surface area contributed by atoms with Gasteiger partial charge in [-0.2, -0.15) is 0 Å². The predicted octanol–water partition coefficient (Wildman–Crippen LogP) is 2.44. The quantitative estimate of drug-likeness (QED) is 0.738. The standard InChI is InChI=1S/C8H6ClN3S/c9-7-3-1-2-5(11-7)6-4-13-8(10)12-6/h1-4H,(H2,10,12). The Labute approximate surface area is 84.2 Å². The summed E-state index contributed by atoms with van der Waals surface area (Å²) in [5.74, 6) is 0. The van der Waals surface area contributed by atoms with Crippen molar-refractivity contribution in [3.05, 3.63) is 28.7 Å². The highest BCUT2D eigenvalue weighted by atomic mass is 35.5. The molecule has 0 fully saturated rings. The molecule has 3 nitrogen and oxygen atoms in total.